The first kappa shape index (κ1) is 30.8. The van der Waals surface area contributed by atoms with Gasteiger partial charge in [0.05, 0.1) is 0 Å². The Morgan fingerprint density at radius 1 is 1.14 bits per heavy atom. The molecule has 0 spiro atoms. The van der Waals surface area contributed by atoms with Crippen molar-refractivity contribution in [1.82, 2.24) is 0 Å². The van der Waals surface area contributed by atoms with Crippen molar-refractivity contribution in [3.63, 3.8) is 0 Å². The van der Waals surface area contributed by atoms with Crippen LogP contribution in [-0.2, 0) is 0 Å². The quantitative estimate of drug-likeness (QED) is 0.291. The molecule has 0 aromatic rings. The van der Waals surface area contributed by atoms with Crippen LogP contribution in [0.15, 0.2) is 0 Å². The summed E-state index contributed by atoms with van der Waals surface area (Å²) in [6.45, 7) is 0. The average molecular weight is 474 g/mol. The first-order valence-electron chi connectivity index (χ1n) is 0.309. The molecule has 1 unspecified atom stereocenters. The molecule has 0 rings (SSSR count). The number of hydrogen-bond donors (Lipinski definition) is 0. The minimum absolute atomic E-state index is 0. The average Bonchev–Trinajstić information content (AvgIpc) is 0.918. The van der Waals surface area contributed by atoms with Crippen LogP contribution in [-0.4, -0.2) is 53.7 Å². The summed E-state index contributed by atoms with van der Waals surface area (Å²) < 4.78 is 0. The van der Waals surface area contributed by atoms with Gasteiger partial charge in [-0.15, -0.1) is 0 Å². The first-order chi connectivity index (χ1) is 1.41. The van der Waals surface area contributed by atoms with Crippen LogP contribution in [0.1, 0.15) is 0 Å². The van der Waals surface area contributed by atoms with Gasteiger partial charge in [0.25, 0.3) is 0 Å². The molecule has 0 aliphatic heterocycles. The molecule has 0 aliphatic rings. The fourth-order valence-electron chi connectivity index (χ4n) is 0. The Balaban J connectivity index is -0.00000000333. The van der Waals surface area contributed by atoms with E-state index in [1.165, 1.54) is 0 Å². The molecule has 0 fully saturated rings. The molecule has 7 heteroatoms. The van der Waals surface area contributed by atoms with Gasteiger partial charge >= 0.3 is 0 Å². The van der Waals surface area contributed by atoms with E-state index in [0.717, 1.165) is 0 Å². The second kappa shape index (κ2) is 32.8. The third-order valence-electron chi connectivity index (χ3n) is 0. The van der Waals surface area contributed by atoms with E-state index in [1.807, 2.05) is 0 Å². The van der Waals surface area contributed by atoms with E-state index in [9.17, 15) is 0 Å². The number of hydrogen-bond acceptors (Lipinski definition) is 1. The van der Waals surface area contributed by atoms with E-state index in [0.29, 0.717) is 0 Å². The van der Waals surface area contributed by atoms with E-state index in [1.54, 1.807) is 6.10 Å². The fraction of sp³-hybridized carbons (Fsp3) is 0. The molecule has 0 saturated carbocycles. The van der Waals surface area contributed by atoms with Gasteiger partial charge in [0.15, 0.2) is 0 Å². The summed E-state index contributed by atoms with van der Waals surface area (Å²) in [5.41, 5.74) is 0. The van der Waals surface area contributed by atoms with Crippen LogP contribution >= 0.6 is 58.4 Å². The molecule has 0 aliphatic carbocycles. The molecule has 0 bridgehead atoms. The van der Waals surface area contributed by atoms with Gasteiger partial charge in [-0.3, -0.25) is 0 Å². The van der Waals surface area contributed by atoms with Crippen molar-refractivity contribution in [2.45, 2.75) is 0 Å². The molecule has 1 atom stereocenters. The third kappa shape index (κ3) is 40.9. The summed E-state index contributed by atoms with van der Waals surface area (Å²) in [5, 5.41) is 0. The molecule has 0 N–H and O–H groups in total. The van der Waals surface area contributed by atoms with Crippen molar-refractivity contribution >= 4 is 112 Å². The van der Waals surface area contributed by atoms with Crippen molar-refractivity contribution in [2.24, 2.45) is 0 Å². The normalized spacial score (nSPS) is 2.57. The van der Waals surface area contributed by atoms with Crippen molar-refractivity contribution in [3.05, 3.63) is 0 Å². The van der Waals surface area contributed by atoms with Gasteiger partial charge in [-0.25, -0.2) is 0 Å². The summed E-state index contributed by atoms with van der Waals surface area (Å²) in [6, 6.07) is 0. The third-order valence-corrected chi connectivity index (χ3v) is 0. The summed E-state index contributed by atoms with van der Waals surface area (Å²) in [4.78, 5) is 0. The Labute approximate surface area is 110 Å². The van der Waals surface area contributed by atoms with Gasteiger partial charge in [0, 0.05) is 96.1 Å². The SMILES string of the molecule is ISI.P.[Li].[Si].[Sn]. The van der Waals surface area contributed by atoms with Crippen LogP contribution in [0, 0.1) is 0 Å². The van der Waals surface area contributed by atoms with Crippen molar-refractivity contribution in [3.8, 4) is 0 Å². The maximum absolute atomic E-state index is 2.19. The molecule has 37 valence electrons. The Bertz CT molecular complexity index is 17.7. The Morgan fingerprint density at radius 2 is 1.14 bits per heavy atom. The minimum Gasteiger partial charge on any atom is -0.153 e. The molecule has 7 heavy (non-hydrogen) atoms. The maximum atomic E-state index is 2.19. The number of rotatable bonds is 0. The maximum Gasteiger partial charge on any atom is 0.00791 e. The van der Waals surface area contributed by atoms with Gasteiger partial charge < -0.3 is 0 Å². The predicted molar refractivity (Wildman–Crippen MR) is 64.0 cm³/mol. The fourth-order valence-corrected chi connectivity index (χ4v) is 0. The Hall–Kier alpha value is 3.85. The molecule has 0 nitrogen and oxygen atoms in total. The molecule has 0 heterocycles. The zero-order chi connectivity index (χ0) is 2.71. The van der Waals surface area contributed by atoms with Crippen molar-refractivity contribution < 1.29 is 0 Å². The second-order valence-electron chi connectivity index (χ2n) is 0.0583. The van der Waals surface area contributed by atoms with Crippen LogP contribution in [0.5, 0.6) is 0 Å². The molecule has 9 radical (unpaired) electrons. The van der Waals surface area contributed by atoms with Crippen molar-refractivity contribution in [1.29, 1.82) is 0 Å². The van der Waals surface area contributed by atoms with Crippen LogP contribution in [0.4, 0.5) is 0 Å². The predicted octanol–water partition coefficient (Wildman–Crippen LogP) is 1.34. The topological polar surface area (TPSA) is 0 Å². The molecular weight excluding hydrogens is 471 g/mol. The molecule has 0 aromatic carbocycles. The second-order valence-corrected chi connectivity index (χ2v) is 7.87. The van der Waals surface area contributed by atoms with E-state index in [4.69, 9.17) is 0 Å². The van der Waals surface area contributed by atoms with E-state index >= 15 is 0 Å². The molecular formula is H3I2LiPSSiSn. The van der Waals surface area contributed by atoms with E-state index in [2.05, 4.69) is 42.4 Å². The van der Waals surface area contributed by atoms with Crippen LogP contribution in [0.3, 0.4) is 0 Å². The smallest absolute Gasteiger partial charge is 0.00791 e. The summed E-state index contributed by atoms with van der Waals surface area (Å²) in [6.07, 6.45) is 1.69. The Morgan fingerprint density at radius 3 is 1.14 bits per heavy atom. The number of halogens is 2. The summed E-state index contributed by atoms with van der Waals surface area (Å²) in [5.74, 6) is 0. The molecule has 0 aromatic heterocycles. The van der Waals surface area contributed by atoms with Crippen LogP contribution in [0.2, 0.25) is 0 Å². The van der Waals surface area contributed by atoms with Crippen LogP contribution < -0.4 is 0 Å². The minimum atomic E-state index is 0. The van der Waals surface area contributed by atoms with Gasteiger partial charge in [0.2, 0.25) is 0 Å². The summed E-state index contributed by atoms with van der Waals surface area (Å²) >= 11 is 4.38. The van der Waals surface area contributed by atoms with Gasteiger partial charge in [-0.1, -0.05) is 0 Å². The summed E-state index contributed by atoms with van der Waals surface area (Å²) in [7, 11) is 0. The van der Waals surface area contributed by atoms with Gasteiger partial charge in [-0.05, 0) is 6.10 Å². The van der Waals surface area contributed by atoms with E-state index < -0.39 is 0 Å². The zero-order valence-corrected chi connectivity index (χ0v) is 14.3. The molecule has 0 saturated heterocycles. The van der Waals surface area contributed by atoms with Crippen molar-refractivity contribution in [2.75, 3.05) is 0 Å². The Kier molecular flexibility index (Phi) is 144. The van der Waals surface area contributed by atoms with E-state index in [-0.39, 0.29) is 63.6 Å². The largest absolute Gasteiger partial charge is 0.153 e. The zero-order valence-electron chi connectivity index (χ0n) is 3.87. The monoisotopic (exact) mass is 475 g/mol. The van der Waals surface area contributed by atoms with Gasteiger partial charge in [0.1, 0.15) is 0 Å². The van der Waals surface area contributed by atoms with Crippen LogP contribution in [0.25, 0.3) is 0 Å². The molecule has 0 amide bonds. The standard InChI is InChI=1S/I2S.Li.H3P.Si.Sn/c1-3-2;;;;/h;;1H3;;. The first-order valence-corrected chi connectivity index (χ1v) is 6.21. The van der Waals surface area contributed by atoms with Gasteiger partial charge in [-0.2, -0.15) is 9.90 Å².